The zero-order valence-corrected chi connectivity index (χ0v) is 8.53. The van der Waals surface area contributed by atoms with Crippen LogP contribution in [0.2, 0.25) is 0 Å². The molecule has 0 saturated carbocycles. The molecule has 0 aliphatic rings. The Balaban J connectivity index is 2.32. The first-order valence-electron chi connectivity index (χ1n) is 4.88. The number of pyridine rings is 1. The number of rotatable bonds is 6. The highest BCUT2D eigenvalue weighted by Gasteiger charge is 2.03. The topological polar surface area (TPSA) is 63.0 Å². The van der Waals surface area contributed by atoms with Crippen molar-refractivity contribution in [3.63, 3.8) is 0 Å². The summed E-state index contributed by atoms with van der Waals surface area (Å²) < 4.78 is 0. The third-order valence-electron chi connectivity index (χ3n) is 2.16. The zero-order chi connectivity index (χ0) is 10.2. The van der Waals surface area contributed by atoms with Crippen LogP contribution in [-0.4, -0.2) is 31.2 Å². The minimum atomic E-state index is 0.424. The van der Waals surface area contributed by atoms with Crippen LogP contribution in [0.3, 0.4) is 0 Å². The molecular formula is C10H18N4. The van der Waals surface area contributed by atoms with Gasteiger partial charge in [0, 0.05) is 30.7 Å². The number of anilines is 1. The van der Waals surface area contributed by atoms with Crippen LogP contribution in [0.15, 0.2) is 24.5 Å². The third kappa shape index (κ3) is 3.72. The Morgan fingerprint density at radius 1 is 1.43 bits per heavy atom. The Kier molecular flexibility index (Phi) is 4.96. The maximum absolute atomic E-state index is 5.50. The molecule has 4 N–H and O–H groups in total. The summed E-state index contributed by atoms with van der Waals surface area (Å²) in [7, 11) is 1.95. The second kappa shape index (κ2) is 6.34. The van der Waals surface area contributed by atoms with E-state index in [0.29, 0.717) is 12.6 Å². The van der Waals surface area contributed by atoms with Crippen molar-refractivity contribution in [1.29, 1.82) is 0 Å². The fourth-order valence-electron chi connectivity index (χ4n) is 1.26. The van der Waals surface area contributed by atoms with E-state index >= 15 is 0 Å². The van der Waals surface area contributed by atoms with E-state index in [4.69, 9.17) is 5.73 Å². The Morgan fingerprint density at radius 2 is 2.14 bits per heavy atom. The van der Waals surface area contributed by atoms with Crippen molar-refractivity contribution in [3.8, 4) is 0 Å². The van der Waals surface area contributed by atoms with Crippen molar-refractivity contribution in [2.24, 2.45) is 5.73 Å². The van der Waals surface area contributed by atoms with E-state index < -0.39 is 0 Å². The van der Waals surface area contributed by atoms with Crippen molar-refractivity contribution in [2.45, 2.75) is 12.5 Å². The maximum Gasteiger partial charge on any atom is 0.0371 e. The van der Waals surface area contributed by atoms with Crippen LogP contribution < -0.4 is 16.4 Å². The van der Waals surface area contributed by atoms with Crippen LogP contribution >= 0.6 is 0 Å². The molecule has 1 rings (SSSR count). The molecule has 0 bridgehead atoms. The summed E-state index contributed by atoms with van der Waals surface area (Å²) in [5, 5.41) is 6.54. The molecule has 1 aromatic rings. The van der Waals surface area contributed by atoms with Gasteiger partial charge in [-0.2, -0.15) is 0 Å². The second-order valence-corrected chi connectivity index (χ2v) is 3.18. The first kappa shape index (κ1) is 10.9. The summed E-state index contributed by atoms with van der Waals surface area (Å²) in [5.41, 5.74) is 6.59. The van der Waals surface area contributed by atoms with Gasteiger partial charge in [0.1, 0.15) is 0 Å². The van der Waals surface area contributed by atoms with Gasteiger partial charge in [-0.3, -0.25) is 4.98 Å². The summed E-state index contributed by atoms with van der Waals surface area (Å²) in [6.45, 7) is 1.60. The Hall–Kier alpha value is -1.13. The molecule has 0 fully saturated rings. The van der Waals surface area contributed by atoms with Crippen molar-refractivity contribution < 1.29 is 0 Å². The van der Waals surface area contributed by atoms with Gasteiger partial charge in [0.05, 0.1) is 0 Å². The molecule has 0 aliphatic carbocycles. The summed E-state index contributed by atoms with van der Waals surface area (Å²) in [6.07, 6.45) is 4.54. The molecule has 4 nitrogen and oxygen atoms in total. The monoisotopic (exact) mass is 194 g/mol. The second-order valence-electron chi connectivity index (χ2n) is 3.18. The lowest BCUT2D eigenvalue weighted by Gasteiger charge is -2.16. The van der Waals surface area contributed by atoms with Gasteiger partial charge in [-0.25, -0.2) is 0 Å². The van der Waals surface area contributed by atoms with Gasteiger partial charge in [0.25, 0.3) is 0 Å². The summed E-state index contributed by atoms with van der Waals surface area (Å²) in [4.78, 5) is 3.95. The highest BCUT2D eigenvalue weighted by atomic mass is 15.0. The van der Waals surface area contributed by atoms with Gasteiger partial charge in [-0.15, -0.1) is 0 Å². The minimum absolute atomic E-state index is 0.424. The van der Waals surface area contributed by atoms with Gasteiger partial charge in [0.15, 0.2) is 0 Å². The lowest BCUT2D eigenvalue weighted by molar-refractivity contribution is 0.551. The first-order chi connectivity index (χ1) is 6.86. The number of nitrogens with one attached hydrogen (secondary N) is 2. The zero-order valence-electron chi connectivity index (χ0n) is 8.53. The Bertz CT molecular complexity index is 237. The van der Waals surface area contributed by atoms with E-state index in [1.54, 1.807) is 12.4 Å². The Labute approximate surface area is 84.9 Å². The van der Waals surface area contributed by atoms with E-state index in [9.17, 15) is 0 Å². The molecule has 0 radical (unpaired) electrons. The molecule has 1 atom stereocenters. The van der Waals surface area contributed by atoms with Gasteiger partial charge in [0.2, 0.25) is 0 Å². The molecular weight excluding hydrogens is 176 g/mol. The summed E-state index contributed by atoms with van der Waals surface area (Å²) >= 11 is 0. The standard InChI is InChI=1S/C10H18N4/c1-12-10(2-5-11)8-14-9-3-6-13-7-4-9/h3-4,6-7,10,12H,2,5,8,11H2,1H3,(H,13,14). The molecule has 0 aliphatic heterocycles. The van der Waals surface area contributed by atoms with Crippen LogP contribution in [0.4, 0.5) is 5.69 Å². The van der Waals surface area contributed by atoms with Crippen LogP contribution in [0.5, 0.6) is 0 Å². The molecule has 14 heavy (non-hydrogen) atoms. The highest BCUT2D eigenvalue weighted by molar-refractivity contribution is 5.40. The number of nitrogens with zero attached hydrogens (tertiary/aromatic N) is 1. The fourth-order valence-corrected chi connectivity index (χ4v) is 1.26. The molecule has 1 heterocycles. The third-order valence-corrected chi connectivity index (χ3v) is 2.16. The molecule has 1 aromatic heterocycles. The number of hydrogen-bond acceptors (Lipinski definition) is 4. The van der Waals surface area contributed by atoms with E-state index in [0.717, 1.165) is 18.7 Å². The predicted molar refractivity (Wildman–Crippen MR) is 59.2 cm³/mol. The molecule has 4 heteroatoms. The van der Waals surface area contributed by atoms with Crippen molar-refractivity contribution in [3.05, 3.63) is 24.5 Å². The average molecular weight is 194 g/mol. The first-order valence-corrected chi connectivity index (χ1v) is 4.88. The predicted octanol–water partition coefficient (Wildman–Crippen LogP) is 0.430. The van der Waals surface area contributed by atoms with Gasteiger partial charge in [-0.1, -0.05) is 0 Å². The fraction of sp³-hybridized carbons (Fsp3) is 0.500. The SMILES string of the molecule is CNC(CCN)CNc1ccncc1. The van der Waals surface area contributed by atoms with Crippen LogP contribution in [0.1, 0.15) is 6.42 Å². The maximum atomic E-state index is 5.50. The minimum Gasteiger partial charge on any atom is -0.383 e. The van der Waals surface area contributed by atoms with E-state index in [1.165, 1.54) is 0 Å². The van der Waals surface area contributed by atoms with Gasteiger partial charge >= 0.3 is 0 Å². The Morgan fingerprint density at radius 3 is 2.71 bits per heavy atom. The lowest BCUT2D eigenvalue weighted by Crippen LogP contribution is -2.34. The molecule has 0 amide bonds. The largest absolute Gasteiger partial charge is 0.383 e. The number of aromatic nitrogens is 1. The van der Waals surface area contributed by atoms with Gasteiger partial charge < -0.3 is 16.4 Å². The van der Waals surface area contributed by atoms with Crippen molar-refractivity contribution in [2.75, 3.05) is 25.5 Å². The van der Waals surface area contributed by atoms with Crippen molar-refractivity contribution in [1.82, 2.24) is 10.3 Å². The molecule has 1 unspecified atom stereocenters. The van der Waals surface area contributed by atoms with E-state index in [2.05, 4.69) is 15.6 Å². The highest BCUT2D eigenvalue weighted by Crippen LogP contribution is 2.03. The smallest absolute Gasteiger partial charge is 0.0371 e. The van der Waals surface area contributed by atoms with Crippen LogP contribution in [-0.2, 0) is 0 Å². The van der Waals surface area contributed by atoms with E-state index in [-0.39, 0.29) is 0 Å². The molecule has 0 spiro atoms. The molecule has 78 valence electrons. The lowest BCUT2D eigenvalue weighted by atomic mass is 10.2. The molecule has 0 saturated heterocycles. The summed E-state index contributed by atoms with van der Waals surface area (Å²) in [5.74, 6) is 0. The number of nitrogens with two attached hydrogens (primary N) is 1. The van der Waals surface area contributed by atoms with Crippen LogP contribution in [0, 0.1) is 0 Å². The normalized spacial score (nSPS) is 12.4. The van der Waals surface area contributed by atoms with E-state index in [1.807, 2.05) is 19.2 Å². The molecule has 0 aromatic carbocycles. The number of hydrogen-bond donors (Lipinski definition) is 3. The quantitative estimate of drug-likeness (QED) is 0.614. The summed E-state index contributed by atoms with van der Waals surface area (Å²) in [6, 6.07) is 4.33. The van der Waals surface area contributed by atoms with Gasteiger partial charge in [-0.05, 0) is 32.1 Å². The van der Waals surface area contributed by atoms with Crippen LogP contribution in [0.25, 0.3) is 0 Å². The average Bonchev–Trinajstić information content (AvgIpc) is 2.25. The number of likely N-dealkylation sites (N-methyl/N-ethyl adjacent to an activating group) is 1. The van der Waals surface area contributed by atoms with Crippen molar-refractivity contribution >= 4 is 5.69 Å².